The molecule has 0 aliphatic rings. The van der Waals surface area contributed by atoms with E-state index in [4.69, 9.17) is 5.73 Å². The lowest BCUT2D eigenvalue weighted by Gasteiger charge is -2.02. The Bertz CT molecular complexity index is 458. The number of nitrogens with one attached hydrogen (secondary N) is 1. The summed E-state index contributed by atoms with van der Waals surface area (Å²) in [6, 6.07) is 6.07. The van der Waals surface area contributed by atoms with Crippen LogP contribution in [0.2, 0.25) is 0 Å². The van der Waals surface area contributed by atoms with E-state index in [9.17, 15) is 0 Å². The molecule has 74 valence electrons. The number of aromatic nitrogens is 2. The molecule has 3 N–H and O–H groups in total. The third kappa shape index (κ3) is 1.33. The molecule has 0 aliphatic carbocycles. The summed E-state index contributed by atoms with van der Waals surface area (Å²) in [6.45, 7) is 2.44. The number of anilines is 1. The monoisotopic (exact) mass is 190 g/mol. The lowest BCUT2D eigenvalue weighted by Crippen LogP contribution is -2.10. The zero-order chi connectivity index (χ0) is 10.1. The molecular formula is C10H14N4. The van der Waals surface area contributed by atoms with Gasteiger partial charge in [-0.3, -0.25) is 0 Å². The average Bonchev–Trinajstić information content (AvgIpc) is 2.43. The number of benzene rings is 1. The lowest BCUT2D eigenvalue weighted by atomic mass is 10.3. The van der Waals surface area contributed by atoms with Crippen LogP contribution in [0, 0.1) is 6.92 Å². The third-order valence-electron chi connectivity index (χ3n) is 2.41. The van der Waals surface area contributed by atoms with Crippen LogP contribution in [0.15, 0.2) is 18.2 Å². The quantitative estimate of drug-likeness (QED) is 0.700. The second-order valence-electron chi connectivity index (χ2n) is 3.30. The van der Waals surface area contributed by atoms with Crippen molar-refractivity contribution in [3.8, 4) is 0 Å². The number of hydrogen-bond donors (Lipinski definition) is 2. The van der Waals surface area contributed by atoms with Crippen molar-refractivity contribution in [1.82, 2.24) is 9.55 Å². The van der Waals surface area contributed by atoms with Crippen LogP contribution in [-0.2, 0) is 7.05 Å². The van der Waals surface area contributed by atoms with Crippen molar-refractivity contribution in [2.75, 3.05) is 12.0 Å². The zero-order valence-corrected chi connectivity index (χ0v) is 8.41. The number of imidazole rings is 1. The topological polar surface area (TPSA) is 55.9 Å². The maximum atomic E-state index is 5.40. The number of aryl methyl sites for hydroxylation is 2. The fraction of sp³-hybridized carbons (Fsp3) is 0.300. The molecule has 2 rings (SSSR count). The highest BCUT2D eigenvalue weighted by atomic mass is 15.1. The van der Waals surface area contributed by atoms with Crippen molar-refractivity contribution in [3.63, 3.8) is 0 Å². The van der Waals surface area contributed by atoms with Gasteiger partial charge in [-0.1, -0.05) is 0 Å². The van der Waals surface area contributed by atoms with Crippen molar-refractivity contribution in [3.05, 3.63) is 24.0 Å². The van der Waals surface area contributed by atoms with Gasteiger partial charge in [0.1, 0.15) is 5.82 Å². The minimum atomic E-state index is 0.442. The van der Waals surface area contributed by atoms with E-state index in [2.05, 4.69) is 14.9 Å². The van der Waals surface area contributed by atoms with Gasteiger partial charge in [0, 0.05) is 12.7 Å². The van der Waals surface area contributed by atoms with Gasteiger partial charge in [-0.2, -0.15) is 0 Å². The summed E-state index contributed by atoms with van der Waals surface area (Å²) in [7, 11) is 2.01. The van der Waals surface area contributed by atoms with Gasteiger partial charge in [0.2, 0.25) is 0 Å². The van der Waals surface area contributed by atoms with E-state index in [1.807, 2.05) is 32.2 Å². The van der Waals surface area contributed by atoms with Crippen LogP contribution < -0.4 is 11.1 Å². The number of rotatable bonds is 2. The Morgan fingerprint density at radius 3 is 3.00 bits per heavy atom. The normalized spacial score (nSPS) is 10.8. The molecule has 0 radical (unpaired) electrons. The van der Waals surface area contributed by atoms with Crippen molar-refractivity contribution in [2.45, 2.75) is 6.92 Å². The molecule has 0 saturated heterocycles. The SMILES string of the molecule is Cc1nc2cc(NCN)ccc2n1C. The second-order valence-corrected chi connectivity index (χ2v) is 3.30. The maximum absolute atomic E-state index is 5.40. The first-order valence-electron chi connectivity index (χ1n) is 4.59. The molecule has 0 spiro atoms. The first-order valence-corrected chi connectivity index (χ1v) is 4.59. The average molecular weight is 190 g/mol. The highest BCUT2D eigenvalue weighted by Gasteiger charge is 2.03. The Kier molecular flexibility index (Phi) is 2.13. The molecule has 1 heterocycles. The standard InChI is InChI=1S/C10H14N4/c1-7-13-9-5-8(12-6-11)3-4-10(9)14(7)2/h3-5,12H,6,11H2,1-2H3. The molecule has 0 saturated carbocycles. The fourth-order valence-corrected chi connectivity index (χ4v) is 1.55. The third-order valence-corrected chi connectivity index (χ3v) is 2.41. The van der Waals surface area contributed by atoms with E-state index in [-0.39, 0.29) is 0 Å². The molecule has 14 heavy (non-hydrogen) atoms. The van der Waals surface area contributed by atoms with Crippen LogP contribution in [-0.4, -0.2) is 16.2 Å². The number of nitrogens with zero attached hydrogens (tertiary/aromatic N) is 2. The number of nitrogens with two attached hydrogens (primary N) is 1. The van der Waals surface area contributed by atoms with Crippen LogP contribution in [0.25, 0.3) is 11.0 Å². The highest BCUT2D eigenvalue weighted by Crippen LogP contribution is 2.18. The van der Waals surface area contributed by atoms with Crippen LogP contribution in [0.3, 0.4) is 0 Å². The predicted octanol–water partition coefficient (Wildman–Crippen LogP) is 1.21. The van der Waals surface area contributed by atoms with Gasteiger partial charge in [0.25, 0.3) is 0 Å². The van der Waals surface area contributed by atoms with E-state index in [1.165, 1.54) is 0 Å². The second kappa shape index (κ2) is 3.31. The zero-order valence-electron chi connectivity index (χ0n) is 8.41. The maximum Gasteiger partial charge on any atom is 0.106 e. The summed E-state index contributed by atoms with van der Waals surface area (Å²) in [5, 5.41) is 3.06. The smallest absolute Gasteiger partial charge is 0.106 e. The van der Waals surface area contributed by atoms with Gasteiger partial charge in [0.05, 0.1) is 17.7 Å². The summed E-state index contributed by atoms with van der Waals surface area (Å²) >= 11 is 0. The van der Waals surface area contributed by atoms with Gasteiger partial charge in [-0.15, -0.1) is 0 Å². The summed E-state index contributed by atoms with van der Waals surface area (Å²) in [4.78, 5) is 4.44. The van der Waals surface area contributed by atoms with Crippen LogP contribution in [0.5, 0.6) is 0 Å². The van der Waals surface area contributed by atoms with E-state index in [0.717, 1.165) is 22.5 Å². The molecule has 4 heteroatoms. The Labute approximate surface area is 82.7 Å². The summed E-state index contributed by atoms with van der Waals surface area (Å²) in [6.07, 6.45) is 0. The largest absolute Gasteiger partial charge is 0.373 e. The van der Waals surface area contributed by atoms with Crippen molar-refractivity contribution in [1.29, 1.82) is 0 Å². The van der Waals surface area contributed by atoms with Crippen molar-refractivity contribution in [2.24, 2.45) is 12.8 Å². The van der Waals surface area contributed by atoms with Crippen molar-refractivity contribution >= 4 is 16.7 Å². The van der Waals surface area contributed by atoms with E-state index < -0.39 is 0 Å². The minimum absolute atomic E-state index is 0.442. The molecule has 2 aromatic rings. The van der Waals surface area contributed by atoms with Gasteiger partial charge >= 0.3 is 0 Å². The molecule has 0 bridgehead atoms. The highest BCUT2D eigenvalue weighted by molar-refractivity contribution is 5.80. The van der Waals surface area contributed by atoms with Gasteiger partial charge in [-0.05, 0) is 25.1 Å². The van der Waals surface area contributed by atoms with Crippen LogP contribution in [0.4, 0.5) is 5.69 Å². The van der Waals surface area contributed by atoms with E-state index in [0.29, 0.717) is 6.67 Å². The first-order chi connectivity index (χ1) is 6.72. The van der Waals surface area contributed by atoms with Crippen molar-refractivity contribution < 1.29 is 0 Å². The Morgan fingerprint density at radius 1 is 1.50 bits per heavy atom. The molecule has 1 aromatic carbocycles. The van der Waals surface area contributed by atoms with E-state index in [1.54, 1.807) is 0 Å². The summed E-state index contributed by atoms with van der Waals surface area (Å²) < 4.78 is 2.07. The molecule has 0 aliphatic heterocycles. The number of fused-ring (bicyclic) bond motifs is 1. The molecule has 4 nitrogen and oxygen atoms in total. The fourth-order valence-electron chi connectivity index (χ4n) is 1.55. The Hall–Kier alpha value is -1.55. The Balaban J connectivity index is 2.56. The molecule has 0 amide bonds. The van der Waals surface area contributed by atoms with E-state index >= 15 is 0 Å². The summed E-state index contributed by atoms with van der Waals surface area (Å²) in [5.41, 5.74) is 8.56. The van der Waals surface area contributed by atoms with Gasteiger partial charge in [0.15, 0.2) is 0 Å². The molecule has 0 fully saturated rings. The van der Waals surface area contributed by atoms with Gasteiger partial charge < -0.3 is 15.6 Å². The van der Waals surface area contributed by atoms with Crippen LogP contribution >= 0.6 is 0 Å². The number of hydrogen-bond acceptors (Lipinski definition) is 3. The first kappa shape index (κ1) is 9.02. The molecular weight excluding hydrogens is 176 g/mol. The Morgan fingerprint density at radius 2 is 2.29 bits per heavy atom. The molecule has 0 unspecified atom stereocenters. The summed E-state index contributed by atoms with van der Waals surface area (Å²) in [5.74, 6) is 1.02. The minimum Gasteiger partial charge on any atom is -0.373 e. The predicted molar refractivity (Wildman–Crippen MR) is 58.1 cm³/mol. The van der Waals surface area contributed by atoms with Crippen LogP contribution in [0.1, 0.15) is 5.82 Å². The molecule has 1 aromatic heterocycles. The lowest BCUT2D eigenvalue weighted by molar-refractivity contribution is 0.886. The van der Waals surface area contributed by atoms with Gasteiger partial charge in [-0.25, -0.2) is 4.98 Å². The molecule has 0 atom stereocenters.